The number of carbonyl (C=O) groups is 1. The Hall–Kier alpha value is -1.59. The van der Waals surface area contributed by atoms with E-state index in [1.807, 2.05) is 25.1 Å². The van der Waals surface area contributed by atoms with Crippen molar-refractivity contribution in [2.75, 3.05) is 26.8 Å². The molecule has 21 heavy (non-hydrogen) atoms. The number of methoxy groups -OCH3 is 1. The SMILES string of the molecule is CCNCc1cccc(C)c1OC(C)C(=O)NCCOC. The van der Waals surface area contributed by atoms with Crippen molar-refractivity contribution in [3.05, 3.63) is 29.3 Å². The topological polar surface area (TPSA) is 59.6 Å². The van der Waals surface area contributed by atoms with Gasteiger partial charge in [-0.15, -0.1) is 0 Å². The number of ether oxygens (including phenoxy) is 2. The molecule has 0 aliphatic rings. The van der Waals surface area contributed by atoms with Gasteiger partial charge >= 0.3 is 0 Å². The zero-order valence-corrected chi connectivity index (χ0v) is 13.4. The number of benzene rings is 1. The first-order valence-electron chi connectivity index (χ1n) is 7.32. The van der Waals surface area contributed by atoms with E-state index >= 15 is 0 Å². The van der Waals surface area contributed by atoms with Gasteiger partial charge in [-0.05, 0) is 26.0 Å². The standard InChI is InChI=1S/C16H26N2O3/c1-5-17-11-14-8-6-7-12(2)15(14)21-13(3)16(19)18-9-10-20-4/h6-8,13,17H,5,9-11H2,1-4H3,(H,18,19). The minimum atomic E-state index is -0.539. The monoisotopic (exact) mass is 294 g/mol. The van der Waals surface area contributed by atoms with E-state index < -0.39 is 6.10 Å². The van der Waals surface area contributed by atoms with Gasteiger partial charge in [-0.25, -0.2) is 0 Å². The Morgan fingerprint density at radius 2 is 2.14 bits per heavy atom. The molecule has 0 heterocycles. The minimum Gasteiger partial charge on any atom is -0.480 e. The normalized spacial score (nSPS) is 12.0. The molecule has 1 amide bonds. The summed E-state index contributed by atoms with van der Waals surface area (Å²) in [5.41, 5.74) is 2.09. The Balaban J connectivity index is 2.69. The van der Waals surface area contributed by atoms with Crippen LogP contribution in [0, 0.1) is 6.92 Å². The predicted molar refractivity (Wildman–Crippen MR) is 83.5 cm³/mol. The molecular weight excluding hydrogens is 268 g/mol. The van der Waals surface area contributed by atoms with E-state index in [-0.39, 0.29) is 5.91 Å². The average molecular weight is 294 g/mol. The molecule has 0 saturated carbocycles. The van der Waals surface area contributed by atoms with E-state index in [1.54, 1.807) is 14.0 Å². The number of aryl methyl sites for hydroxylation is 1. The average Bonchev–Trinajstić information content (AvgIpc) is 2.47. The lowest BCUT2D eigenvalue weighted by Gasteiger charge is -2.19. The van der Waals surface area contributed by atoms with Gasteiger partial charge < -0.3 is 20.1 Å². The summed E-state index contributed by atoms with van der Waals surface area (Å²) in [4.78, 5) is 12.0. The molecule has 0 bridgehead atoms. The van der Waals surface area contributed by atoms with Crippen LogP contribution in [0.1, 0.15) is 25.0 Å². The van der Waals surface area contributed by atoms with Crippen molar-refractivity contribution >= 4 is 5.91 Å². The van der Waals surface area contributed by atoms with Gasteiger partial charge in [-0.1, -0.05) is 25.1 Å². The second-order valence-corrected chi connectivity index (χ2v) is 4.89. The number of amides is 1. The Labute approximate surface area is 127 Å². The molecule has 5 heteroatoms. The molecule has 0 saturated heterocycles. The molecule has 1 unspecified atom stereocenters. The van der Waals surface area contributed by atoms with Crippen LogP contribution in [-0.2, 0) is 16.1 Å². The van der Waals surface area contributed by atoms with Gasteiger partial charge in [0.25, 0.3) is 5.91 Å². The highest BCUT2D eigenvalue weighted by Gasteiger charge is 2.17. The number of carbonyl (C=O) groups excluding carboxylic acids is 1. The van der Waals surface area contributed by atoms with Crippen LogP contribution in [0.3, 0.4) is 0 Å². The van der Waals surface area contributed by atoms with E-state index in [9.17, 15) is 4.79 Å². The highest BCUT2D eigenvalue weighted by molar-refractivity contribution is 5.80. The molecule has 2 N–H and O–H groups in total. The summed E-state index contributed by atoms with van der Waals surface area (Å²) in [6.45, 7) is 8.40. The largest absolute Gasteiger partial charge is 0.480 e. The Morgan fingerprint density at radius 1 is 1.38 bits per heavy atom. The zero-order valence-electron chi connectivity index (χ0n) is 13.4. The number of para-hydroxylation sites is 1. The van der Waals surface area contributed by atoms with Gasteiger partial charge in [-0.2, -0.15) is 0 Å². The summed E-state index contributed by atoms with van der Waals surface area (Å²) < 4.78 is 10.8. The molecule has 0 aromatic heterocycles. The predicted octanol–water partition coefficient (Wildman–Crippen LogP) is 1.63. The fourth-order valence-corrected chi connectivity index (χ4v) is 1.93. The summed E-state index contributed by atoms with van der Waals surface area (Å²) >= 11 is 0. The summed E-state index contributed by atoms with van der Waals surface area (Å²) in [6, 6.07) is 6.00. The Morgan fingerprint density at radius 3 is 2.81 bits per heavy atom. The highest BCUT2D eigenvalue weighted by Crippen LogP contribution is 2.24. The summed E-state index contributed by atoms with van der Waals surface area (Å²) in [6.07, 6.45) is -0.539. The van der Waals surface area contributed by atoms with Crippen LogP contribution < -0.4 is 15.4 Å². The first-order chi connectivity index (χ1) is 10.1. The smallest absolute Gasteiger partial charge is 0.260 e. The second-order valence-electron chi connectivity index (χ2n) is 4.89. The molecule has 1 aromatic rings. The van der Waals surface area contributed by atoms with E-state index in [0.29, 0.717) is 13.2 Å². The van der Waals surface area contributed by atoms with Crippen molar-refractivity contribution in [1.82, 2.24) is 10.6 Å². The van der Waals surface area contributed by atoms with E-state index in [1.165, 1.54) is 0 Å². The van der Waals surface area contributed by atoms with Gasteiger partial charge in [0, 0.05) is 25.8 Å². The molecular formula is C16H26N2O3. The van der Waals surface area contributed by atoms with Crippen LogP contribution in [0.5, 0.6) is 5.75 Å². The quantitative estimate of drug-likeness (QED) is 0.680. The third-order valence-corrected chi connectivity index (χ3v) is 3.13. The molecule has 5 nitrogen and oxygen atoms in total. The van der Waals surface area contributed by atoms with Crippen molar-refractivity contribution < 1.29 is 14.3 Å². The molecule has 118 valence electrons. The highest BCUT2D eigenvalue weighted by atomic mass is 16.5. The second kappa shape index (κ2) is 9.37. The van der Waals surface area contributed by atoms with Gasteiger partial charge in [0.05, 0.1) is 6.61 Å². The molecule has 0 spiro atoms. The van der Waals surface area contributed by atoms with E-state index in [0.717, 1.165) is 30.0 Å². The lowest BCUT2D eigenvalue weighted by molar-refractivity contribution is -0.127. The van der Waals surface area contributed by atoms with Crippen LogP contribution in [0.15, 0.2) is 18.2 Å². The minimum absolute atomic E-state index is 0.135. The maximum Gasteiger partial charge on any atom is 0.260 e. The molecule has 0 fully saturated rings. The first-order valence-corrected chi connectivity index (χ1v) is 7.32. The molecule has 1 rings (SSSR count). The van der Waals surface area contributed by atoms with Crippen molar-refractivity contribution in [2.24, 2.45) is 0 Å². The Bertz CT molecular complexity index is 449. The maximum atomic E-state index is 12.0. The fourth-order valence-electron chi connectivity index (χ4n) is 1.93. The lowest BCUT2D eigenvalue weighted by Crippen LogP contribution is -2.38. The third-order valence-electron chi connectivity index (χ3n) is 3.13. The molecule has 0 aliphatic carbocycles. The summed E-state index contributed by atoms with van der Waals surface area (Å²) in [5, 5.41) is 6.06. The first kappa shape index (κ1) is 17.5. The van der Waals surface area contributed by atoms with Crippen molar-refractivity contribution in [1.29, 1.82) is 0 Å². The van der Waals surface area contributed by atoms with Crippen molar-refractivity contribution in [2.45, 2.75) is 33.4 Å². The van der Waals surface area contributed by atoms with Crippen LogP contribution >= 0.6 is 0 Å². The number of rotatable bonds is 9. The van der Waals surface area contributed by atoms with Crippen LogP contribution in [0.4, 0.5) is 0 Å². The van der Waals surface area contributed by atoms with Crippen molar-refractivity contribution in [3.8, 4) is 5.75 Å². The molecule has 0 radical (unpaired) electrons. The molecule has 1 aromatic carbocycles. The Kier molecular flexibility index (Phi) is 7.79. The van der Waals surface area contributed by atoms with Crippen molar-refractivity contribution in [3.63, 3.8) is 0 Å². The summed E-state index contributed by atoms with van der Waals surface area (Å²) in [7, 11) is 1.60. The number of hydrogen-bond donors (Lipinski definition) is 2. The van der Waals surface area contributed by atoms with Crippen LogP contribution in [-0.4, -0.2) is 38.8 Å². The van der Waals surface area contributed by atoms with Crippen LogP contribution in [0.25, 0.3) is 0 Å². The van der Waals surface area contributed by atoms with E-state index in [2.05, 4.69) is 17.6 Å². The summed E-state index contributed by atoms with van der Waals surface area (Å²) in [5.74, 6) is 0.651. The van der Waals surface area contributed by atoms with E-state index in [4.69, 9.17) is 9.47 Å². The fraction of sp³-hybridized carbons (Fsp3) is 0.562. The lowest BCUT2D eigenvalue weighted by atomic mass is 10.1. The van der Waals surface area contributed by atoms with Crippen LogP contribution in [0.2, 0.25) is 0 Å². The molecule has 1 atom stereocenters. The zero-order chi connectivity index (χ0) is 15.7. The van der Waals surface area contributed by atoms with Gasteiger partial charge in [0.1, 0.15) is 5.75 Å². The third kappa shape index (κ3) is 5.73. The molecule has 0 aliphatic heterocycles. The maximum absolute atomic E-state index is 12.0. The number of nitrogens with one attached hydrogen (secondary N) is 2. The van der Waals surface area contributed by atoms with Gasteiger partial charge in [0.15, 0.2) is 6.10 Å². The van der Waals surface area contributed by atoms with Gasteiger partial charge in [-0.3, -0.25) is 4.79 Å². The number of hydrogen-bond acceptors (Lipinski definition) is 4. The van der Waals surface area contributed by atoms with Gasteiger partial charge in [0.2, 0.25) is 0 Å².